The maximum Gasteiger partial charge on any atom is 0.104 e. The number of ether oxygens (including phenoxy) is 17. The Morgan fingerprint density at radius 2 is 0.554 bits per heavy atom. The molecule has 0 radical (unpaired) electrons. The van der Waals surface area contributed by atoms with Crippen LogP contribution in [0, 0.1) is 5.41 Å². The fourth-order valence-corrected chi connectivity index (χ4v) is 7.09. The third kappa shape index (κ3) is 53.3. The average Bonchev–Trinajstić information content (AvgIpc) is 3.28. The molecule has 0 heterocycles. The lowest BCUT2D eigenvalue weighted by atomic mass is 9.92. The standard InChI is InChI=1S/C29H60O8.C28H58O9/c1-23(2)34-15-11-13-30-19-29(20-31-14-12-16-35-24(3)4,21-32-17-27(9)36-25(5)6)22-33-18-28(10)37-26(7)8;1-22(2)33-14-11-15-34-27(18-30-13-10-12-29-9)19-32-21-28(35-17-26(8)37-24(5)6)20-31-16-25(7)36-23(3)4/h23-28H,11-22H2,1-10H3;22-28H,10-21H2,1-9H3. The molecule has 0 amide bonds. The lowest BCUT2D eigenvalue weighted by Crippen LogP contribution is -2.43. The molecule has 0 bridgehead atoms. The number of hydrogen-bond donors (Lipinski definition) is 0. The summed E-state index contributed by atoms with van der Waals surface area (Å²) < 4.78 is 99.6. The molecule has 74 heavy (non-hydrogen) atoms. The zero-order valence-electron chi connectivity index (χ0n) is 50.9. The van der Waals surface area contributed by atoms with E-state index in [1.807, 2.05) is 125 Å². The fourth-order valence-electron chi connectivity index (χ4n) is 7.09. The maximum atomic E-state index is 6.16. The van der Waals surface area contributed by atoms with E-state index < -0.39 is 5.41 Å². The van der Waals surface area contributed by atoms with Gasteiger partial charge >= 0.3 is 0 Å². The highest BCUT2D eigenvalue weighted by atomic mass is 16.6. The molecule has 0 aliphatic carbocycles. The second kappa shape index (κ2) is 50.5. The molecule has 0 aromatic rings. The van der Waals surface area contributed by atoms with Crippen LogP contribution in [0.1, 0.15) is 150 Å². The lowest BCUT2D eigenvalue weighted by Gasteiger charge is -2.34. The number of methoxy groups -OCH3 is 1. The molecule has 0 N–H and O–H groups in total. The minimum Gasteiger partial charge on any atom is -0.385 e. The van der Waals surface area contributed by atoms with Gasteiger partial charge in [-0.15, -0.1) is 0 Å². The van der Waals surface area contributed by atoms with Gasteiger partial charge in [0.15, 0.2) is 0 Å². The molecule has 448 valence electrons. The summed E-state index contributed by atoms with van der Waals surface area (Å²) in [5.74, 6) is 0. The van der Waals surface area contributed by atoms with Crippen molar-refractivity contribution in [2.75, 3.05) is 139 Å². The molecular formula is C57H118O17. The Bertz CT molecular complexity index is 1100. The van der Waals surface area contributed by atoms with E-state index in [1.54, 1.807) is 7.11 Å². The summed E-state index contributed by atoms with van der Waals surface area (Å²) in [4.78, 5) is 0. The van der Waals surface area contributed by atoms with Crippen LogP contribution in [0.5, 0.6) is 0 Å². The van der Waals surface area contributed by atoms with Crippen molar-refractivity contribution in [3.05, 3.63) is 0 Å². The molecule has 0 aromatic carbocycles. The second-order valence-corrected chi connectivity index (χ2v) is 21.4. The maximum absolute atomic E-state index is 6.16. The zero-order chi connectivity index (χ0) is 56.0. The van der Waals surface area contributed by atoms with E-state index in [-0.39, 0.29) is 79.4 Å². The van der Waals surface area contributed by atoms with Crippen molar-refractivity contribution in [1.29, 1.82) is 0 Å². The van der Waals surface area contributed by atoms with Crippen LogP contribution in [-0.2, 0) is 80.5 Å². The summed E-state index contributed by atoms with van der Waals surface area (Å²) >= 11 is 0. The van der Waals surface area contributed by atoms with Gasteiger partial charge in [-0.05, 0) is 150 Å². The quantitative estimate of drug-likeness (QED) is 0.0530. The zero-order valence-corrected chi connectivity index (χ0v) is 50.9. The molecule has 17 nitrogen and oxygen atoms in total. The Kier molecular flexibility index (Phi) is 51.5. The molecule has 0 aliphatic heterocycles. The molecule has 0 aliphatic rings. The van der Waals surface area contributed by atoms with Crippen molar-refractivity contribution in [2.45, 2.75) is 230 Å². The molecule has 0 saturated heterocycles. The highest BCUT2D eigenvalue weighted by Gasteiger charge is 2.33. The number of rotatable bonds is 53. The van der Waals surface area contributed by atoms with Crippen LogP contribution in [0.15, 0.2) is 0 Å². The smallest absolute Gasteiger partial charge is 0.104 e. The Balaban J connectivity index is 0. The van der Waals surface area contributed by atoms with Crippen LogP contribution in [0.25, 0.3) is 0 Å². The lowest BCUT2D eigenvalue weighted by molar-refractivity contribution is -0.131. The van der Waals surface area contributed by atoms with Gasteiger partial charge in [0.05, 0.1) is 152 Å². The first kappa shape index (κ1) is 75.4. The molecule has 6 atom stereocenters. The van der Waals surface area contributed by atoms with Crippen molar-refractivity contribution < 1.29 is 80.5 Å². The van der Waals surface area contributed by atoms with E-state index in [2.05, 4.69) is 0 Å². The third-order valence-electron chi connectivity index (χ3n) is 9.99. The summed E-state index contributed by atoms with van der Waals surface area (Å²) in [6, 6.07) is 0. The van der Waals surface area contributed by atoms with Gasteiger partial charge < -0.3 is 80.5 Å². The third-order valence-corrected chi connectivity index (χ3v) is 9.99. The minimum atomic E-state index is -0.451. The second-order valence-electron chi connectivity index (χ2n) is 21.4. The van der Waals surface area contributed by atoms with Gasteiger partial charge in [0, 0.05) is 60.0 Å². The van der Waals surface area contributed by atoms with Crippen LogP contribution in [0.2, 0.25) is 0 Å². The van der Waals surface area contributed by atoms with Gasteiger partial charge in [-0.3, -0.25) is 0 Å². The summed E-state index contributed by atoms with van der Waals surface area (Å²) in [7, 11) is 1.69. The predicted molar refractivity (Wildman–Crippen MR) is 294 cm³/mol. The van der Waals surface area contributed by atoms with Crippen molar-refractivity contribution in [3.8, 4) is 0 Å². The first-order valence-electron chi connectivity index (χ1n) is 28.3. The topological polar surface area (TPSA) is 157 Å². The Labute approximate surface area is 453 Å². The SMILES string of the molecule is CC(C)OCCCOCC(COCCCOC(C)C)(COCC(C)OC(C)C)COCC(C)OC(C)C.COCCCOCC(COCC(COCC(C)OC(C)C)OCC(C)OC(C)C)OCCCOC(C)C. The normalized spacial score (nSPS) is 15.0. The summed E-state index contributed by atoms with van der Waals surface area (Å²) in [6.45, 7) is 47.0. The van der Waals surface area contributed by atoms with E-state index in [9.17, 15) is 0 Å². The first-order valence-corrected chi connectivity index (χ1v) is 28.3. The molecule has 0 saturated carbocycles. The average molecular weight is 1080 g/mol. The first-order chi connectivity index (χ1) is 35.1. The van der Waals surface area contributed by atoms with E-state index in [0.29, 0.717) is 132 Å². The van der Waals surface area contributed by atoms with Crippen LogP contribution in [0.3, 0.4) is 0 Å². The Hall–Kier alpha value is -0.680. The van der Waals surface area contributed by atoms with E-state index in [4.69, 9.17) is 80.5 Å². The Morgan fingerprint density at radius 1 is 0.257 bits per heavy atom. The van der Waals surface area contributed by atoms with Gasteiger partial charge in [-0.2, -0.15) is 0 Å². The van der Waals surface area contributed by atoms with Crippen LogP contribution in [-0.4, -0.2) is 219 Å². The highest BCUT2D eigenvalue weighted by molar-refractivity contribution is 4.80. The summed E-state index contributed by atoms with van der Waals surface area (Å²) in [5, 5.41) is 0. The Morgan fingerprint density at radius 3 is 0.946 bits per heavy atom. The summed E-state index contributed by atoms with van der Waals surface area (Å²) in [5.41, 5.74) is -0.451. The van der Waals surface area contributed by atoms with Crippen molar-refractivity contribution >= 4 is 0 Å². The van der Waals surface area contributed by atoms with Gasteiger partial charge in [-0.1, -0.05) is 0 Å². The molecule has 0 rings (SSSR count). The fraction of sp³-hybridized carbons (Fsp3) is 1.00. The molecule has 0 spiro atoms. The minimum absolute atomic E-state index is 0.00119. The van der Waals surface area contributed by atoms with Gasteiger partial charge in [0.2, 0.25) is 0 Å². The van der Waals surface area contributed by atoms with E-state index >= 15 is 0 Å². The van der Waals surface area contributed by atoms with Gasteiger partial charge in [0.1, 0.15) is 12.2 Å². The predicted octanol–water partition coefficient (Wildman–Crippen LogP) is 9.58. The van der Waals surface area contributed by atoms with Gasteiger partial charge in [-0.25, -0.2) is 0 Å². The highest BCUT2D eigenvalue weighted by Crippen LogP contribution is 2.22. The van der Waals surface area contributed by atoms with E-state index in [0.717, 1.165) is 25.7 Å². The van der Waals surface area contributed by atoms with Crippen LogP contribution >= 0.6 is 0 Å². The van der Waals surface area contributed by atoms with Crippen LogP contribution in [0.4, 0.5) is 0 Å². The van der Waals surface area contributed by atoms with Crippen molar-refractivity contribution in [2.24, 2.45) is 5.41 Å². The number of hydrogen-bond acceptors (Lipinski definition) is 17. The molecule has 0 aromatic heterocycles. The molecule has 17 heteroatoms. The summed E-state index contributed by atoms with van der Waals surface area (Å²) in [6.07, 6.45) is 4.20. The van der Waals surface area contributed by atoms with E-state index in [1.165, 1.54) is 0 Å². The van der Waals surface area contributed by atoms with Crippen molar-refractivity contribution in [1.82, 2.24) is 0 Å². The molecule has 0 fully saturated rings. The monoisotopic (exact) mass is 1070 g/mol. The van der Waals surface area contributed by atoms with Crippen LogP contribution < -0.4 is 0 Å². The molecular weight excluding hydrogens is 957 g/mol. The largest absolute Gasteiger partial charge is 0.385 e. The molecule has 6 unspecified atom stereocenters. The van der Waals surface area contributed by atoms with Gasteiger partial charge in [0.25, 0.3) is 0 Å². The van der Waals surface area contributed by atoms with Crippen molar-refractivity contribution in [3.63, 3.8) is 0 Å².